The molecule has 0 bridgehead atoms. The van der Waals surface area contributed by atoms with Gasteiger partial charge >= 0.3 is 0 Å². The minimum Gasteiger partial charge on any atom is -0.418 e. The average Bonchev–Trinajstić information content (AvgIpc) is 2.93. The highest BCUT2D eigenvalue weighted by Gasteiger charge is 2.39. The Morgan fingerprint density at radius 1 is 1.44 bits per heavy atom. The number of nitrogens with one attached hydrogen (secondary N) is 1. The van der Waals surface area contributed by atoms with Gasteiger partial charge in [0.15, 0.2) is 0 Å². The number of nitrogens with zero attached hydrogens (tertiary/aromatic N) is 3. The third kappa shape index (κ3) is 3.76. The molecule has 2 amide bonds. The molecule has 1 aromatic heterocycles. The molecule has 1 aliphatic carbocycles. The molecule has 9 heteroatoms. The van der Waals surface area contributed by atoms with Gasteiger partial charge in [-0.2, -0.15) is 0 Å². The number of carbonyl (C=O) groups is 2. The predicted octanol–water partition coefficient (Wildman–Crippen LogP) is 0.266. The minimum absolute atomic E-state index is 0.00335. The molecule has 0 aromatic carbocycles. The zero-order valence-corrected chi connectivity index (χ0v) is 14.4. The molecule has 2 atom stereocenters. The van der Waals surface area contributed by atoms with E-state index in [4.69, 9.17) is 10.2 Å². The van der Waals surface area contributed by atoms with Crippen LogP contribution >= 0.6 is 0 Å². The van der Waals surface area contributed by atoms with Crippen LogP contribution in [-0.2, 0) is 4.79 Å². The third-order valence-corrected chi connectivity index (χ3v) is 5.10. The summed E-state index contributed by atoms with van der Waals surface area (Å²) in [5.41, 5.74) is 5.35. The number of alkyl halides is 1. The molecule has 0 radical (unpaired) electrons. The summed E-state index contributed by atoms with van der Waals surface area (Å²) in [6, 6.07) is -0.237. The van der Waals surface area contributed by atoms with E-state index in [9.17, 15) is 14.0 Å². The number of halogens is 1. The number of hydrogen-bond acceptors (Lipinski definition) is 6. The molecule has 1 aromatic rings. The molecule has 0 spiro atoms. The first-order valence-electron chi connectivity index (χ1n) is 8.46. The lowest BCUT2D eigenvalue weighted by molar-refractivity contribution is -0.131. The second-order valence-corrected chi connectivity index (χ2v) is 7.02. The smallest absolute Gasteiger partial charge is 0.292 e. The maximum atomic E-state index is 14.4. The number of nitrogen functional groups attached to an aromatic ring is 1. The number of amides is 2. The highest BCUT2D eigenvalue weighted by Crippen LogP contribution is 2.31. The first-order chi connectivity index (χ1) is 11.8. The van der Waals surface area contributed by atoms with Crippen LogP contribution in [-0.4, -0.2) is 72.0 Å². The molecule has 2 unspecified atom stereocenters. The minimum atomic E-state index is -1.31. The largest absolute Gasteiger partial charge is 0.418 e. The number of aromatic nitrogens is 1. The number of hydrogen-bond donors (Lipinski definition) is 2. The summed E-state index contributed by atoms with van der Waals surface area (Å²) in [5.74, 6) is -0.578. The lowest BCUT2D eigenvalue weighted by Gasteiger charge is -2.40. The van der Waals surface area contributed by atoms with Gasteiger partial charge in [-0.25, -0.2) is 9.37 Å². The molecule has 3 N–H and O–H groups in total. The fourth-order valence-corrected chi connectivity index (χ4v) is 3.32. The molecule has 1 saturated carbocycles. The SMILES string of the molecule is CN(C)C1CC(C(=O)NC2CCN(C(=O)c3cnc(N)o3)CC2F)C1. The summed E-state index contributed by atoms with van der Waals surface area (Å²) in [4.78, 5) is 31.6. The Hall–Kier alpha value is -2.16. The van der Waals surface area contributed by atoms with Crippen molar-refractivity contribution in [1.29, 1.82) is 0 Å². The average molecular weight is 353 g/mol. The van der Waals surface area contributed by atoms with Crippen molar-refractivity contribution in [3.63, 3.8) is 0 Å². The molecule has 25 heavy (non-hydrogen) atoms. The maximum Gasteiger partial charge on any atom is 0.292 e. The lowest BCUT2D eigenvalue weighted by Crippen LogP contribution is -2.56. The highest BCUT2D eigenvalue weighted by molar-refractivity contribution is 5.91. The standard InChI is InChI=1S/C16H24FN5O3/c1-21(2)10-5-9(6-10)14(23)20-12-3-4-22(8-11(12)17)15(24)13-7-19-16(18)25-13/h7,9-12H,3-6,8H2,1-2H3,(H2,18,19)(H,20,23). The van der Waals surface area contributed by atoms with Gasteiger partial charge in [-0.1, -0.05) is 0 Å². The fourth-order valence-electron chi connectivity index (χ4n) is 3.32. The first-order valence-corrected chi connectivity index (χ1v) is 8.46. The van der Waals surface area contributed by atoms with Crippen LogP contribution in [0, 0.1) is 5.92 Å². The van der Waals surface area contributed by atoms with Gasteiger partial charge < -0.3 is 25.3 Å². The summed E-state index contributed by atoms with van der Waals surface area (Å²) in [5, 5.41) is 2.81. The normalized spacial score (nSPS) is 29.4. The number of likely N-dealkylation sites (tertiary alicyclic amines) is 1. The van der Waals surface area contributed by atoms with Gasteiger partial charge in [0, 0.05) is 18.5 Å². The van der Waals surface area contributed by atoms with E-state index in [-0.39, 0.29) is 30.1 Å². The van der Waals surface area contributed by atoms with Gasteiger partial charge in [-0.3, -0.25) is 9.59 Å². The summed E-state index contributed by atoms with van der Waals surface area (Å²) in [6.07, 6.45) is 1.90. The Labute approximate surface area is 145 Å². The van der Waals surface area contributed by atoms with Gasteiger partial charge in [0.2, 0.25) is 11.7 Å². The summed E-state index contributed by atoms with van der Waals surface area (Å²) in [7, 11) is 3.98. The molecule has 8 nitrogen and oxygen atoms in total. The number of oxazole rings is 1. The van der Waals surface area contributed by atoms with Gasteiger partial charge in [0.25, 0.3) is 11.9 Å². The summed E-state index contributed by atoms with van der Waals surface area (Å²) in [6.45, 7) is 0.255. The van der Waals surface area contributed by atoms with Crippen LogP contribution in [0.5, 0.6) is 0 Å². The van der Waals surface area contributed by atoms with Crippen LogP contribution in [0.3, 0.4) is 0 Å². The Bertz CT molecular complexity index is 643. The summed E-state index contributed by atoms with van der Waals surface area (Å²) >= 11 is 0. The predicted molar refractivity (Wildman–Crippen MR) is 88.5 cm³/mol. The number of piperidine rings is 1. The number of anilines is 1. The Morgan fingerprint density at radius 3 is 2.72 bits per heavy atom. The number of nitrogens with two attached hydrogens (primary N) is 1. The summed E-state index contributed by atoms with van der Waals surface area (Å²) < 4.78 is 19.4. The van der Waals surface area contributed by atoms with Crippen LogP contribution in [0.2, 0.25) is 0 Å². The first kappa shape index (κ1) is 17.7. The van der Waals surface area contributed by atoms with Crippen LogP contribution in [0.15, 0.2) is 10.6 Å². The van der Waals surface area contributed by atoms with Gasteiger partial charge in [-0.05, 0) is 33.4 Å². The van der Waals surface area contributed by atoms with Crippen molar-refractivity contribution >= 4 is 17.8 Å². The molecule has 2 heterocycles. The van der Waals surface area contributed by atoms with Crippen molar-refractivity contribution in [3.05, 3.63) is 12.0 Å². The van der Waals surface area contributed by atoms with Gasteiger partial charge in [0.1, 0.15) is 6.17 Å². The second kappa shape index (κ2) is 6.99. The van der Waals surface area contributed by atoms with Crippen LogP contribution in [0.1, 0.15) is 29.8 Å². The maximum absolute atomic E-state index is 14.4. The van der Waals surface area contributed by atoms with E-state index in [0.29, 0.717) is 19.0 Å². The van der Waals surface area contributed by atoms with E-state index >= 15 is 0 Å². The van der Waals surface area contributed by atoms with E-state index in [0.717, 1.165) is 12.8 Å². The Kier molecular flexibility index (Phi) is 4.94. The molecular formula is C16H24FN5O3. The van der Waals surface area contributed by atoms with E-state index in [2.05, 4.69) is 15.2 Å². The molecular weight excluding hydrogens is 329 g/mol. The zero-order valence-electron chi connectivity index (χ0n) is 14.4. The number of rotatable bonds is 4. The second-order valence-electron chi connectivity index (χ2n) is 7.02. The molecule has 3 rings (SSSR count). The van der Waals surface area contributed by atoms with Crippen molar-refractivity contribution in [2.24, 2.45) is 5.92 Å². The lowest BCUT2D eigenvalue weighted by atomic mass is 9.78. The van der Waals surface area contributed by atoms with Crippen molar-refractivity contribution in [1.82, 2.24) is 20.1 Å². The topological polar surface area (TPSA) is 105 Å². The van der Waals surface area contributed by atoms with Crippen molar-refractivity contribution in [3.8, 4) is 0 Å². The quantitative estimate of drug-likeness (QED) is 0.805. The van der Waals surface area contributed by atoms with Crippen LogP contribution in [0.25, 0.3) is 0 Å². The van der Waals surface area contributed by atoms with Crippen molar-refractivity contribution in [2.45, 2.75) is 37.5 Å². The van der Waals surface area contributed by atoms with Crippen LogP contribution < -0.4 is 11.1 Å². The van der Waals surface area contributed by atoms with Crippen molar-refractivity contribution < 1.29 is 18.4 Å². The zero-order chi connectivity index (χ0) is 18.1. The van der Waals surface area contributed by atoms with Crippen molar-refractivity contribution in [2.75, 3.05) is 32.9 Å². The molecule has 2 aliphatic rings. The monoisotopic (exact) mass is 353 g/mol. The third-order valence-electron chi connectivity index (χ3n) is 5.10. The highest BCUT2D eigenvalue weighted by atomic mass is 19.1. The Balaban J connectivity index is 1.49. The molecule has 138 valence electrons. The molecule has 1 aliphatic heterocycles. The van der Waals surface area contributed by atoms with Crippen LogP contribution in [0.4, 0.5) is 10.4 Å². The fraction of sp³-hybridized carbons (Fsp3) is 0.688. The van der Waals surface area contributed by atoms with E-state index in [1.54, 1.807) is 0 Å². The number of carbonyl (C=O) groups excluding carboxylic acids is 2. The van der Waals surface area contributed by atoms with Gasteiger partial charge in [0.05, 0.1) is 18.8 Å². The van der Waals surface area contributed by atoms with Gasteiger partial charge in [-0.15, -0.1) is 0 Å². The molecule has 2 fully saturated rings. The molecule has 1 saturated heterocycles. The Morgan fingerprint density at radius 2 is 2.16 bits per heavy atom. The van der Waals surface area contributed by atoms with E-state index in [1.807, 2.05) is 14.1 Å². The van der Waals surface area contributed by atoms with E-state index < -0.39 is 18.1 Å². The van der Waals surface area contributed by atoms with E-state index in [1.165, 1.54) is 11.1 Å².